The van der Waals surface area contributed by atoms with Gasteiger partial charge in [0.2, 0.25) is 6.04 Å². The Hall–Kier alpha value is -3.04. The molecule has 0 saturated carbocycles. The lowest BCUT2D eigenvalue weighted by Gasteiger charge is -2.16. The summed E-state index contributed by atoms with van der Waals surface area (Å²) in [7, 11) is 0. The number of hydrogen-bond donors (Lipinski definition) is 1. The first-order valence-electron chi connectivity index (χ1n) is 11.2. The van der Waals surface area contributed by atoms with Crippen LogP contribution in [0, 0.1) is 0 Å². The topological polar surface area (TPSA) is 108 Å². The Labute approximate surface area is 214 Å². The van der Waals surface area contributed by atoms with E-state index in [0.29, 0.717) is 43.7 Å². The molecule has 2 aromatic carbocycles. The smallest absolute Gasteiger partial charge is 0.258 e. The molecule has 0 fully saturated rings. The van der Waals surface area contributed by atoms with Crippen LogP contribution in [-0.4, -0.2) is 44.2 Å². The molecule has 2 rings (SSSR count). The maximum absolute atomic E-state index is 12.9. The Morgan fingerprint density at radius 2 is 1.46 bits per heavy atom. The van der Waals surface area contributed by atoms with Gasteiger partial charge in [-0.15, -0.1) is 0 Å². The van der Waals surface area contributed by atoms with Crippen LogP contribution < -0.4 is 24.3 Å². The van der Waals surface area contributed by atoms with Crippen LogP contribution in [0.1, 0.15) is 34.6 Å². The van der Waals surface area contributed by atoms with E-state index in [4.69, 9.17) is 42.1 Å². The van der Waals surface area contributed by atoms with Gasteiger partial charge in [-0.2, -0.15) is 10.2 Å². The van der Waals surface area contributed by atoms with Crippen LogP contribution in [0.2, 0.25) is 10.0 Å². The van der Waals surface area contributed by atoms with Crippen molar-refractivity contribution in [2.24, 2.45) is 10.2 Å². The second-order valence-corrected chi connectivity index (χ2v) is 7.74. The summed E-state index contributed by atoms with van der Waals surface area (Å²) in [5.41, 5.74) is 0.487. The third kappa shape index (κ3) is 7.47. The van der Waals surface area contributed by atoms with Crippen molar-refractivity contribution in [2.75, 3.05) is 31.7 Å². The van der Waals surface area contributed by atoms with Crippen molar-refractivity contribution in [1.82, 2.24) is 0 Å². The summed E-state index contributed by atoms with van der Waals surface area (Å²) in [6.45, 7) is 10.0. The van der Waals surface area contributed by atoms with Crippen LogP contribution in [-0.2, 0) is 9.59 Å². The van der Waals surface area contributed by atoms with Gasteiger partial charge in [-0.1, -0.05) is 23.2 Å². The summed E-state index contributed by atoms with van der Waals surface area (Å²) >= 11 is 12.7. The summed E-state index contributed by atoms with van der Waals surface area (Å²) in [6.07, 6.45) is 0. The number of ether oxygens (including phenoxy) is 4. The molecule has 0 spiro atoms. The lowest BCUT2D eigenvalue weighted by Crippen LogP contribution is -2.32. The highest BCUT2D eigenvalue weighted by Gasteiger charge is 2.25. The quantitative estimate of drug-likeness (QED) is 0.244. The summed E-state index contributed by atoms with van der Waals surface area (Å²) < 4.78 is 22.2. The average molecular weight is 526 g/mol. The van der Waals surface area contributed by atoms with Gasteiger partial charge in [-0.25, -0.2) is 0 Å². The fourth-order valence-corrected chi connectivity index (χ4v) is 3.43. The van der Waals surface area contributed by atoms with Gasteiger partial charge in [0.1, 0.15) is 16.5 Å². The predicted octanol–water partition coefficient (Wildman–Crippen LogP) is 6.27. The number of carbonyl (C=O) groups is 2. The molecule has 2 aromatic rings. The van der Waals surface area contributed by atoms with E-state index < -0.39 is 17.7 Å². The second-order valence-electron chi connectivity index (χ2n) is 6.95. The summed E-state index contributed by atoms with van der Waals surface area (Å²) in [5.74, 6) is 0.268. The molecule has 1 atom stereocenters. The molecule has 1 N–H and O–H groups in total. The van der Waals surface area contributed by atoms with Gasteiger partial charge in [0.05, 0.1) is 37.1 Å². The number of rotatable bonds is 13. The molecule has 0 aromatic heterocycles. The number of ketones is 1. The van der Waals surface area contributed by atoms with Gasteiger partial charge >= 0.3 is 0 Å². The third-order valence-electron chi connectivity index (χ3n) is 4.43. The van der Waals surface area contributed by atoms with Crippen LogP contribution in [0.25, 0.3) is 0 Å². The number of nitrogens with zero attached hydrogens (tertiary/aromatic N) is 2. The Morgan fingerprint density at radius 1 is 0.886 bits per heavy atom. The highest BCUT2D eigenvalue weighted by atomic mass is 35.5. The number of anilines is 1. The Morgan fingerprint density at radius 3 is 2.03 bits per heavy atom. The van der Waals surface area contributed by atoms with E-state index in [-0.39, 0.29) is 27.2 Å². The molecule has 0 saturated heterocycles. The molecule has 0 aliphatic heterocycles. The monoisotopic (exact) mass is 525 g/mol. The molecule has 1 amide bonds. The summed E-state index contributed by atoms with van der Waals surface area (Å²) in [6, 6.07) is 4.82. The molecule has 35 heavy (non-hydrogen) atoms. The lowest BCUT2D eigenvalue weighted by atomic mass is 10.2. The maximum Gasteiger partial charge on any atom is 0.258 e. The Bertz CT molecular complexity index is 1080. The lowest BCUT2D eigenvalue weighted by molar-refractivity contribution is -0.126. The number of Topliss-reactive ketones (excluding diaryl/α,β-unsaturated/α-hetero) is 1. The molecular weight excluding hydrogens is 497 g/mol. The Kier molecular flexibility index (Phi) is 11.1. The summed E-state index contributed by atoms with van der Waals surface area (Å²) in [5, 5.41) is 11.1. The van der Waals surface area contributed by atoms with Crippen LogP contribution in [0.3, 0.4) is 0 Å². The second kappa shape index (κ2) is 13.7. The SMILES string of the molecule is CCOc1cc(Cl)c(NC(=O)C(N=Nc2ccc(OCC)c(Cl)c2OCC)C(C)=O)cc1OCC. The van der Waals surface area contributed by atoms with Crippen LogP contribution >= 0.6 is 23.2 Å². The maximum atomic E-state index is 12.9. The number of azo groups is 1. The molecule has 190 valence electrons. The van der Waals surface area contributed by atoms with E-state index in [2.05, 4.69) is 15.5 Å². The number of carbonyl (C=O) groups excluding carboxylic acids is 2. The van der Waals surface area contributed by atoms with Gasteiger partial charge in [0.15, 0.2) is 23.0 Å². The molecule has 0 radical (unpaired) electrons. The van der Waals surface area contributed by atoms with Gasteiger partial charge in [0, 0.05) is 12.1 Å². The van der Waals surface area contributed by atoms with E-state index in [1.54, 1.807) is 19.1 Å². The highest BCUT2D eigenvalue weighted by molar-refractivity contribution is 6.34. The normalized spacial score (nSPS) is 11.7. The minimum atomic E-state index is -1.44. The first kappa shape index (κ1) is 28.2. The zero-order chi connectivity index (χ0) is 26.0. The summed E-state index contributed by atoms with van der Waals surface area (Å²) in [4.78, 5) is 25.2. The van der Waals surface area contributed by atoms with Crippen molar-refractivity contribution < 1.29 is 28.5 Å². The zero-order valence-corrected chi connectivity index (χ0v) is 21.8. The van der Waals surface area contributed by atoms with E-state index in [0.717, 1.165) is 0 Å². The van der Waals surface area contributed by atoms with Gasteiger partial charge in [0.25, 0.3) is 5.91 Å². The molecule has 9 nitrogen and oxygen atoms in total. The highest BCUT2D eigenvalue weighted by Crippen LogP contribution is 2.42. The number of amides is 1. The van der Waals surface area contributed by atoms with Crippen molar-refractivity contribution >= 4 is 46.3 Å². The van der Waals surface area contributed by atoms with Gasteiger partial charge in [-0.05, 0) is 46.8 Å². The molecule has 0 bridgehead atoms. The van der Waals surface area contributed by atoms with Crippen LogP contribution in [0.4, 0.5) is 11.4 Å². The minimum absolute atomic E-state index is 0.210. The van der Waals surface area contributed by atoms with Crippen molar-refractivity contribution in [2.45, 2.75) is 40.7 Å². The minimum Gasteiger partial charge on any atom is -0.492 e. The molecule has 0 heterocycles. The molecule has 0 aliphatic rings. The van der Waals surface area contributed by atoms with Crippen molar-refractivity contribution in [3.05, 3.63) is 34.3 Å². The van der Waals surface area contributed by atoms with E-state index in [1.165, 1.54) is 19.1 Å². The molecular formula is C24H29Cl2N3O6. The van der Waals surface area contributed by atoms with Gasteiger partial charge < -0.3 is 24.3 Å². The third-order valence-corrected chi connectivity index (χ3v) is 5.11. The number of halogens is 2. The van der Waals surface area contributed by atoms with Crippen molar-refractivity contribution in [3.8, 4) is 23.0 Å². The van der Waals surface area contributed by atoms with Crippen LogP contribution in [0.15, 0.2) is 34.5 Å². The zero-order valence-electron chi connectivity index (χ0n) is 20.3. The number of benzene rings is 2. The Balaban J connectivity index is 2.34. The first-order chi connectivity index (χ1) is 16.8. The van der Waals surface area contributed by atoms with E-state index in [1.807, 2.05) is 20.8 Å². The van der Waals surface area contributed by atoms with Gasteiger partial charge in [-0.3, -0.25) is 9.59 Å². The average Bonchev–Trinajstić information content (AvgIpc) is 2.81. The first-order valence-corrected chi connectivity index (χ1v) is 11.9. The molecule has 0 aliphatic carbocycles. The number of nitrogens with one attached hydrogen (secondary N) is 1. The van der Waals surface area contributed by atoms with Crippen molar-refractivity contribution in [1.29, 1.82) is 0 Å². The van der Waals surface area contributed by atoms with E-state index in [9.17, 15) is 9.59 Å². The van der Waals surface area contributed by atoms with Crippen molar-refractivity contribution in [3.63, 3.8) is 0 Å². The standard InChI is InChI=1S/C24H29Cl2N3O6/c1-6-32-18-11-10-16(23(21(18)26)35-9-4)28-29-22(14(5)30)24(31)27-17-13-20(34-8-3)19(33-7-2)12-15(17)25/h10-13,22H,6-9H2,1-5H3,(H,27,31). The predicted molar refractivity (Wildman–Crippen MR) is 135 cm³/mol. The molecule has 11 heteroatoms. The fraction of sp³-hybridized carbons (Fsp3) is 0.417. The molecule has 1 unspecified atom stereocenters. The fourth-order valence-electron chi connectivity index (χ4n) is 2.96. The number of hydrogen-bond acceptors (Lipinski definition) is 8. The van der Waals surface area contributed by atoms with E-state index >= 15 is 0 Å². The van der Waals surface area contributed by atoms with Crippen LogP contribution in [0.5, 0.6) is 23.0 Å². The largest absolute Gasteiger partial charge is 0.492 e.